The van der Waals surface area contributed by atoms with Crippen molar-refractivity contribution in [2.75, 3.05) is 0 Å². The van der Waals surface area contributed by atoms with Crippen LogP contribution in [0.5, 0.6) is 0 Å². The van der Waals surface area contributed by atoms with Gasteiger partial charge in [-0.1, -0.05) is 121 Å². The molecule has 0 saturated heterocycles. The van der Waals surface area contributed by atoms with E-state index in [0.29, 0.717) is 11.5 Å². The lowest BCUT2D eigenvalue weighted by Gasteiger charge is -2.13. The van der Waals surface area contributed by atoms with Crippen molar-refractivity contribution in [1.82, 2.24) is 0 Å². The van der Waals surface area contributed by atoms with Gasteiger partial charge in [0.2, 0.25) is 0 Å². The first-order chi connectivity index (χ1) is 28.8. The van der Waals surface area contributed by atoms with Crippen LogP contribution in [0.1, 0.15) is 84.5 Å². The molecule has 0 saturated carbocycles. The molecular formula is C57H50O2. The lowest BCUT2D eigenvalue weighted by molar-refractivity contribution is 0.428. The van der Waals surface area contributed by atoms with Crippen molar-refractivity contribution in [3.05, 3.63) is 256 Å². The zero-order valence-corrected chi connectivity index (χ0v) is 34.2. The molecule has 2 nitrogen and oxygen atoms in total. The molecule has 11 rings (SSSR count). The number of rotatable bonds is 10. The molecule has 59 heavy (non-hydrogen) atoms. The molecule has 0 radical (unpaired) electrons. The first kappa shape index (κ1) is 36.0. The Hall–Kier alpha value is -6.12. The van der Waals surface area contributed by atoms with Crippen LogP contribution in [0.15, 0.2) is 256 Å². The van der Waals surface area contributed by atoms with Crippen LogP contribution in [-0.4, -0.2) is 10.2 Å². The lowest BCUT2D eigenvalue weighted by atomic mass is 9.91. The molecule has 2 heteroatoms. The Bertz CT molecular complexity index is 2810. The van der Waals surface area contributed by atoms with Crippen LogP contribution in [-0.2, 0) is 0 Å². The smallest absolute Gasteiger partial charge is 0.119 e. The third-order valence-corrected chi connectivity index (χ3v) is 14.2. The Kier molecular flexibility index (Phi) is 8.73. The molecule has 0 aromatic heterocycles. The quantitative estimate of drug-likeness (QED) is 0.232. The summed E-state index contributed by atoms with van der Waals surface area (Å²) in [5.74, 6) is 0.858. The molecule has 0 aliphatic heterocycles. The Morgan fingerprint density at radius 2 is 0.441 bits per heavy atom. The second kappa shape index (κ2) is 14.3. The largest absolute Gasteiger partial charge is 0.508 e. The minimum atomic E-state index is 0.429. The lowest BCUT2D eigenvalue weighted by Crippen LogP contribution is -1.96. The maximum absolute atomic E-state index is 11.2. The molecule has 0 aromatic carbocycles. The Morgan fingerprint density at radius 3 is 0.695 bits per heavy atom. The van der Waals surface area contributed by atoms with Crippen molar-refractivity contribution in [3.8, 4) is 0 Å². The van der Waals surface area contributed by atoms with Crippen molar-refractivity contribution < 1.29 is 10.2 Å². The van der Waals surface area contributed by atoms with Gasteiger partial charge in [-0.3, -0.25) is 0 Å². The molecule has 0 spiro atoms. The summed E-state index contributed by atoms with van der Waals surface area (Å²) in [6.45, 7) is 4.42. The molecule has 2 N–H and O–H groups in total. The second-order valence-electron chi connectivity index (χ2n) is 18.1. The third-order valence-electron chi connectivity index (χ3n) is 14.2. The van der Waals surface area contributed by atoms with Gasteiger partial charge in [0.05, 0.1) is 0 Å². The average Bonchev–Trinajstić information content (AvgIpc) is 4.05. The van der Waals surface area contributed by atoms with Gasteiger partial charge in [-0.2, -0.15) is 0 Å². The van der Waals surface area contributed by atoms with Crippen molar-refractivity contribution in [2.24, 2.45) is 0 Å². The second-order valence-corrected chi connectivity index (χ2v) is 18.1. The average molecular weight is 767 g/mol. The van der Waals surface area contributed by atoms with Gasteiger partial charge in [0, 0.05) is 24.0 Å². The summed E-state index contributed by atoms with van der Waals surface area (Å²) < 4.78 is 0. The summed E-state index contributed by atoms with van der Waals surface area (Å²) in [4.78, 5) is 0. The molecule has 11 aliphatic rings. The highest BCUT2D eigenvalue weighted by atomic mass is 16.3. The maximum Gasteiger partial charge on any atom is 0.119 e. The van der Waals surface area contributed by atoms with E-state index in [9.17, 15) is 10.2 Å². The van der Waals surface area contributed by atoms with Crippen molar-refractivity contribution in [3.63, 3.8) is 0 Å². The van der Waals surface area contributed by atoms with E-state index in [1.54, 1.807) is 0 Å². The van der Waals surface area contributed by atoms with Crippen LogP contribution in [0, 0.1) is 0 Å². The van der Waals surface area contributed by atoms with Gasteiger partial charge in [-0.25, -0.2) is 0 Å². The minimum Gasteiger partial charge on any atom is -0.508 e. The van der Waals surface area contributed by atoms with Gasteiger partial charge >= 0.3 is 0 Å². The topological polar surface area (TPSA) is 40.5 Å². The van der Waals surface area contributed by atoms with Crippen LogP contribution in [0.2, 0.25) is 0 Å². The van der Waals surface area contributed by atoms with E-state index in [4.69, 9.17) is 0 Å². The molecule has 0 bridgehead atoms. The molecule has 11 aliphatic carbocycles. The minimum absolute atomic E-state index is 0.429. The van der Waals surface area contributed by atoms with E-state index in [1.165, 1.54) is 111 Å². The Balaban J connectivity index is 0.626. The molecular weight excluding hydrogens is 717 g/mol. The van der Waals surface area contributed by atoms with Crippen LogP contribution in [0.3, 0.4) is 0 Å². The number of aliphatic hydroxyl groups is 2. The van der Waals surface area contributed by atoms with Crippen molar-refractivity contribution >= 4 is 0 Å². The van der Waals surface area contributed by atoms with Crippen LogP contribution in [0.25, 0.3) is 0 Å². The summed E-state index contributed by atoms with van der Waals surface area (Å²) >= 11 is 0. The van der Waals surface area contributed by atoms with Crippen LogP contribution < -0.4 is 0 Å². The normalized spacial score (nSPS) is 24.7. The van der Waals surface area contributed by atoms with E-state index in [2.05, 4.69) is 123 Å². The van der Waals surface area contributed by atoms with E-state index in [1.807, 2.05) is 12.2 Å². The Morgan fingerprint density at radius 1 is 0.237 bits per heavy atom. The van der Waals surface area contributed by atoms with Gasteiger partial charge in [-0.05, 0) is 184 Å². The number of aliphatic hydroxyl groups excluding tert-OH is 2. The molecule has 0 heterocycles. The predicted octanol–water partition coefficient (Wildman–Crippen LogP) is 14.6. The number of allylic oxidation sites excluding steroid dienone is 42. The van der Waals surface area contributed by atoms with Crippen LogP contribution >= 0.6 is 0 Å². The van der Waals surface area contributed by atoms with Gasteiger partial charge in [0.15, 0.2) is 0 Å². The van der Waals surface area contributed by atoms with Crippen molar-refractivity contribution in [2.45, 2.75) is 84.5 Å². The highest BCUT2D eigenvalue weighted by molar-refractivity contribution is 5.66. The summed E-state index contributed by atoms with van der Waals surface area (Å²) in [5.41, 5.74) is 29.6. The van der Waals surface area contributed by atoms with E-state index in [0.717, 1.165) is 81.8 Å². The van der Waals surface area contributed by atoms with Crippen LogP contribution in [0.4, 0.5) is 0 Å². The zero-order chi connectivity index (χ0) is 39.8. The fraction of sp³-hybridized carbons (Fsp3) is 0.228. The monoisotopic (exact) mass is 766 g/mol. The molecule has 290 valence electrons. The van der Waals surface area contributed by atoms with E-state index >= 15 is 0 Å². The molecule has 0 unspecified atom stereocenters. The predicted molar refractivity (Wildman–Crippen MR) is 243 cm³/mol. The summed E-state index contributed by atoms with van der Waals surface area (Å²) in [6.07, 6.45) is 55.3. The van der Waals surface area contributed by atoms with Gasteiger partial charge < -0.3 is 10.2 Å². The highest BCUT2D eigenvalue weighted by Gasteiger charge is 2.30. The molecule has 0 fully saturated rings. The number of hydrogen-bond donors (Lipinski definition) is 2. The molecule has 0 aromatic rings. The first-order valence-electron chi connectivity index (χ1n) is 21.6. The standard InChI is InChI=1S/C57H50O2/c1-34-3-5-36(21-34)38-7-9-40(23-38)44-13-15-48(26-44)52-30-55(57(59)32-52)51-20-18-47(29-51)43-12-11-41(25-43)45-14-16-49(27-45)53-31-54(56(58)33-53)50-19-17-46(28-50)42-10-8-39(24-42)37-6-4-35(2)22-37/h3-20,32-33,58-59H,21-31H2,1-2H3. The first-order valence-corrected chi connectivity index (χ1v) is 21.6. The highest BCUT2D eigenvalue weighted by Crippen LogP contribution is 2.47. The number of hydrogen-bond acceptors (Lipinski definition) is 2. The van der Waals surface area contributed by atoms with Crippen molar-refractivity contribution in [1.29, 1.82) is 0 Å². The maximum atomic E-state index is 11.2. The fourth-order valence-corrected chi connectivity index (χ4v) is 10.6. The van der Waals surface area contributed by atoms with E-state index < -0.39 is 0 Å². The summed E-state index contributed by atoms with van der Waals surface area (Å²) in [6, 6.07) is 0. The molecule has 0 atom stereocenters. The summed E-state index contributed by atoms with van der Waals surface area (Å²) in [7, 11) is 0. The zero-order valence-electron chi connectivity index (χ0n) is 34.2. The van der Waals surface area contributed by atoms with E-state index in [-0.39, 0.29) is 0 Å². The summed E-state index contributed by atoms with van der Waals surface area (Å²) in [5, 5.41) is 22.3. The SMILES string of the molecule is CC1=CC=C(C2=CC=C(C3=CC=C(C4=CC(O)=C(C5=CC=C(C6=CC=C(C7=CC=C(C8=CC(O)=C(C9=CC=C(C%10=CC=C(C%11=CC=C(C)C%11)C%10)C9)C8)C7)C6)C5)C4)C3)C2)C1. The van der Waals surface area contributed by atoms with Gasteiger partial charge in [-0.15, -0.1) is 0 Å². The third kappa shape index (κ3) is 6.69. The fourth-order valence-electron chi connectivity index (χ4n) is 10.6. The van der Waals surface area contributed by atoms with Gasteiger partial charge in [0.25, 0.3) is 0 Å². The Labute approximate surface area is 349 Å². The van der Waals surface area contributed by atoms with Gasteiger partial charge in [0.1, 0.15) is 11.5 Å². The molecule has 0 amide bonds.